The molecule has 0 unspecified atom stereocenters. The molecule has 0 amide bonds. The summed E-state index contributed by atoms with van der Waals surface area (Å²) < 4.78 is 0. The summed E-state index contributed by atoms with van der Waals surface area (Å²) in [6, 6.07) is 18.0. The Morgan fingerprint density at radius 3 is 2.38 bits per heavy atom. The Balaban J connectivity index is 1.95. The minimum Gasteiger partial charge on any atom is -0.337 e. The fourth-order valence-corrected chi connectivity index (χ4v) is 2.90. The molecule has 4 heteroatoms. The topological polar surface area (TPSA) is 28.7 Å². The normalized spacial score (nSPS) is 11.3. The van der Waals surface area contributed by atoms with Crippen molar-refractivity contribution in [1.29, 1.82) is 0 Å². The number of rotatable bonds is 1. The number of hydrogen-bond donors (Lipinski definition) is 1. The quantitative estimate of drug-likeness (QED) is 0.480. The van der Waals surface area contributed by atoms with E-state index in [1.807, 2.05) is 18.2 Å². The van der Waals surface area contributed by atoms with Gasteiger partial charge in [0.15, 0.2) is 0 Å². The van der Waals surface area contributed by atoms with Gasteiger partial charge in [0.05, 0.1) is 15.6 Å². The predicted molar refractivity (Wildman–Crippen MR) is 89.1 cm³/mol. The average Bonchev–Trinajstić information content (AvgIpc) is 2.97. The van der Waals surface area contributed by atoms with Gasteiger partial charge in [-0.05, 0) is 29.0 Å². The van der Waals surface area contributed by atoms with Crippen LogP contribution in [-0.2, 0) is 0 Å². The van der Waals surface area contributed by atoms with Crippen LogP contribution in [0.15, 0.2) is 54.6 Å². The third-order valence-electron chi connectivity index (χ3n) is 3.57. The van der Waals surface area contributed by atoms with E-state index < -0.39 is 0 Å². The van der Waals surface area contributed by atoms with Crippen LogP contribution in [0.1, 0.15) is 0 Å². The van der Waals surface area contributed by atoms with Gasteiger partial charge >= 0.3 is 0 Å². The molecule has 4 aromatic rings. The molecule has 21 heavy (non-hydrogen) atoms. The average molecular weight is 313 g/mol. The fourth-order valence-electron chi connectivity index (χ4n) is 2.50. The summed E-state index contributed by atoms with van der Waals surface area (Å²) >= 11 is 12.4. The Kier molecular flexibility index (Phi) is 2.88. The summed E-state index contributed by atoms with van der Waals surface area (Å²) in [6.45, 7) is 0. The maximum absolute atomic E-state index is 6.19. The molecule has 102 valence electrons. The number of halogens is 2. The van der Waals surface area contributed by atoms with Crippen molar-refractivity contribution in [2.24, 2.45) is 0 Å². The number of nitrogens with zero attached hydrogens (tertiary/aromatic N) is 1. The first kappa shape index (κ1) is 12.7. The third kappa shape index (κ3) is 2.08. The van der Waals surface area contributed by atoms with Gasteiger partial charge in [-0.1, -0.05) is 59.6 Å². The highest BCUT2D eigenvalue weighted by molar-refractivity contribution is 6.39. The summed E-state index contributed by atoms with van der Waals surface area (Å²) in [5.74, 6) is 0.769. The van der Waals surface area contributed by atoms with Crippen molar-refractivity contribution in [3.8, 4) is 11.4 Å². The van der Waals surface area contributed by atoms with Crippen LogP contribution < -0.4 is 0 Å². The Bertz CT molecular complexity index is 934. The number of benzene rings is 3. The molecule has 0 bridgehead atoms. The van der Waals surface area contributed by atoms with Gasteiger partial charge in [0, 0.05) is 5.56 Å². The van der Waals surface area contributed by atoms with Gasteiger partial charge in [0.1, 0.15) is 11.3 Å². The summed E-state index contributed by atoms with van der Waals surface area (Å²) in [7, 11) is 0. The monoisotopic (exact) mass is 312 g/mol. The highest BCUT2D eigenvalue weighted by atomic mass is 35.5. The smallest absolute Gasteiger partial charge is 0.138 e. The van der Waals surface area contributed by atoms with Crippen molar-refractivity contribution in [3.05, 3.63) is 64.6 Å². The second-order valence-electron chi connectivity index (χ2n) is 4.90. The summed E-state index contributed by atoms with van der Waals surface area (Å²) in [5.41, 5.74) is 2.48. The van der Waals surface area contributed by atoms with Crippen LogP contribution in [0.2, 0.25) is 10.0 Å². The number of fused-ring (bicyclic) bond motifs is 2. The standard InChI is InChI=1S/C17H10Cl2N2/c18-13-7-8-14(19)16-15(13)20-17(21-16)12-6-5-10-3-1-2-4-11(10)9-12/h1-9H,(H,20,21). The molecule has 0 atom stereocenters. The van der Waals surface area contributed by atoms with Crippen LogP contribution in [0.3, 0.4) is 0 Å². The predicted octanol–water partition coefficient (Wildman–Crippen LogP) is 5.69. The summed E-state index contributed by atoms with van der Waals surface area (Å²) in [6.07, 6.45) is 0. The Hall–Kier alpha value is -2.03. The van der Waals surface area contributed by atoms with E-state index in [4.69, 9.17) is 23.2 Å². The number of imidazole rings is 1. The molecule has 4 rings (SSSR count). The van der Waals surface area contributed by atoms with Crippen molar-refractivity contribution in [3.63, 3.8) is 0 Å². The van der Waals surface area contributed by atoms with Gasteiger partial charge in [-0.3, -0.25) is 0 Å². The lowest BCUT2D eigenvalue weighted by atomic mass is 10.1. The lowest BCUT2D eigenvalue weighted by Gasteiger charge is -2.00. The molecule has 1 heterocycles. The summed E-state index contributed by atoms with van der Waals surface area (Å²) in [5, 5.41) is 3.59. The number of H-pyrrole nitrogens is 1. The molecule has 2 nitrogen and oxygen atoms in total. The van der Waals surface area contributed by atoms with E-state index in [2.05, 4.69) is 34.2 Å². The summed E-state index contributed by atoms with van der Waals surface area (Å²) in [4.78, 5) is 7.84. The van der Waals surface area contributed by atoms with E-state index in [0.717, 1.165) is 16.9 Å². The Morgan fingerprint density at radius 1 is 0.810 bits per heavy atom. The van der Waals surface area contributed by atoms with E-state index in [9.17, 15) is 0 Å². The van der Waals surface area contributed by atoms with Gasteiger partial charge in [-0.15, -0.1) is 0 Å². The molecule has 0 saturated carbocycles. The first-order valence-corrected chi connectivity index (χ1v) is 7.31. The maximum Gasteiger partial charge on any atom is 0.138 e. The van der Waals surface area contributed by atoms with Gasteiger partial charge < -0.3 is 4.98 Å². The Labute approximate surface area is 131 Å². The molecule has 1 aromatic heterocycles. The Morgan fingerprint density at radius 2 is 1.57 bits per heavy atom. The van der Waals surface area contributed by atoms with Crippen LogP contribution in [0.5, 0.6) is 0 Å². The van der Waals surface area contributed by atoms with Gasteiger partial charge in [0.2, 0.25) is 0 Å². The van der Waals surface area contributed by atoms with Crippen LogP contribution in [0, 0.1) is 0 Å². The molecule has 3 aromatic carbocycles. The zero-order valence-corrected chi connectivity index (χ0v) is 12.4. The number of aromatic nitrogens is 2. The molecule has 0 saturated heterocycles. The van der Waals surface area contributed by atoms with Crippen molar-refractivity contribution in [2.45, 2.75) is 0 Å². The lowest BCUT2D eigenvalue weighted by molar-refractivity contribution is 1.34. The largest absolute Gasteiger partial charge is 0.337 e. The molecule has 0 aliphatic heterocycles. The van der Waals surface area contributed by atoms with Crippen molar-refractivity contribution in [1.82, 2.24) is 9.97 Å². The molecule has 0 fully saturated rings. The van der Waals surface area contributed by atoms with E-state index in [1.54, 1.807) is 12.1 Å². The zero-order chi connectivity index (χ0) is 14.4. The molecule has 0 aliphatic rings. The minimum absolute atomic E-state index is 0.595. The lowest BCUT2D eigenvalue weighted by Crippen LogP contribution is -1.81. The van der Waals surface area contributed by atoms with Crippen molar-refractivity contribution < 1.29 is 0 Å². The highest BCUT2D eigenvalue weighted by Crippen LogP contribution is 2.31. The molecule has 1 N–H and O–H groups in total. The molecule has 0 spiro atoms. The van der Waals surface area contributed by atoms with Gasteiger partial charge in [-0.2, -0.15) is 0 Å². The van der Waals surface area contributed by atoms with Crippen LogP contribution in [0.25, 0.3) is 33.2 Å². The first-order valence-electron chi connectivity index (χ1n) is 6.55. The zero-order valence-electron chi connectivity index (χ0n) is 10.9. The molecule has 0 radical (unpaired) electrons. The van der Waals surface area contributed by atoms with Gasteiger partial charge in [-0.25, -0.2) is 4.98 Å². The van der Waals surface area contributed by atoms with Crippen LogP contribution in [-0.4, -0.2) is 9.97 Å². The number of hydrogen-bond acceptors (Lipinski definition) is 1. The van der Waals surface area contributed by atoms with Crippen LogP contribution in [0.4, 0.5) is 0 Å². The van der Waals surface area contributed by atoms with Crippen molar-refractivity contribution >= 4 is 45.0 Å². The second-order valence-corrected chi connectivity index (χ2v) is 5.71. The van der Waals surface area contributed by atoms with E-state index in [-0.39, 0.29) is 0 Å². The maximum atomic E-state index is 6.19. The number of aromatic amines is 1. The fraction of sp³-hybridized carbons (Fsp3) is 0. The van der Waals surface area contributed by atoms with Crippen LogP contribution >= 0.6 is 23.2 Å². The van der Waals surface area contributed by atoms with E-state index in [0.29, 0.717) is 15.6 Å². The van der Waals surface area contributed by atoms with E-state index >= 15 is 0 Å². The second kappa shape index (κ2) is 4.76. The first-order chi connectivity index (χ1) is 10.2. The highest BCUT2D eigenvalue weighted by Gasteiger charge is 2.11. The minimum atomic E-state index is 0.595. The van der Waals surface area contributed by atoms with E-state index in [1.165, 1.54) is 10.8 Å². The molecular weight excluding hydrogens is 303 g/mol. The molecule has 0 aliphatic carbocycles. The van der Waals surface area contributed by atoms with Crippen molar-refractivity contribution in [2.75, 3.05) is 0 Å². The van der Waals surface area contributed by atoms with Gasteiger partial charge in [0.25, 0.3) is 0 Å². The SMILES string of the molecule is Clc1ccc(Cl)c2[nH]c(-c3ccc4ccccc4c3)nc12. The number of nitrogens with one attached hydrogen (secondary N) is 1. The molecular formula is C17H10Cl2N2. The third-order valence-corrected chi connectivity index (χ3v) is 4.19.